The van der Waals surface area contributed by atoms with Crippen molar-refractivity contribution in [1.82, 2.24) is 13.7 Å². The minimum absolute atomic E-state index is 0.526. The highest BCUT2D eigenvalue weighted by molar-refractivity contribution is 6.13. The molecular weight excluding hydrogens is 755 g/mol. The molecule has 3 heterocycles. The summed E-state index contributed by atoms with van der Waals surface area (Å²) in [6.07, 6.45) is 0. The van der Waals surface area contributed by atoms with Gasteiger partial charge in [-0.15, -0.1) is 0 Å². The van der Waals surface area contributed by atoms with Crippen molar-refractivity contribution in [2.75, 3.05) is 0 Å². The van der Waals surface area contributed by atoms with E-state index in [4.69, 9.17) is 6.57 Å². The Morgan fingerprint density at radius 3 is 1.31 bits per heavy atom. The Bertz CT molecular complexity index is 3690. The van der Waals surface area contributed by atoms with Crippen LogP contribution in [0.3, 0.4) is 0 Å². The molecule has 0 amide bonds. The van der Waals surface area contributed by atoms with Crippen LogP contribution in [0.2, 0.25) is 0 Å². The molecule has 0 fully saturated rings. The number of hydrogen-bond acceptors (Lipinski definition) is 1. The second kappa shape index (κ2) is 14.0. The van der Waals surface area contributed by atoms with E-state index in [-0.39, 0.29) is 0 Å². The van der Waals surface area contributed by atoms with Crippen LogP contribution < -0.4 is 0 Å². The van der Waals surface area contributed by atoms with Gasteiger partial charge < -0.3 is 13.7 Å². The molecule has 12 rings (SSSR count). The smallest absolute Gasteiger partial charge is 0.187 e. The van der Waals surface area contributed by atoms with Gasteiger partial charge in [0.2, 0.25) is 0 Å². The Balaban J connectivity index is 1.35. The fourth-order valence-corrected chi connectivity index (χ4v) is 9.95. The molecule has 0 bridgehead atoms. The lowest BCUT2D eigenvalue weighted by Gasteiger charge is -2.27. The Kier molecular flexibility index (Phi) is 7.97. The topological polar surface area (TPSA) is 42.9 Å². The summed E-state index contributed by atoms with van der Waals surface area (Å²) in [5.41, 5.74) is 15.2. The lowest BCUT2D eigenvalue weighted by Crippen LogP contribution is -2.13. The van der Waals surface area contributed by atoms with Gasteiger partial charge in [-0.3, -0.25) is 0 Å². The molecule has 288 valence electrons. The van der Waals surface area contributed by atoms with Crippen molar-refractivity contribution < 1.29 is 0 Å². The van der Waals surface area contributed by atoms with Crippen molar-refractivity contribution in [2.24, 2.45) is 0 Å². The summed E-state index contributed by atoms with van der Waals surface area (Å²) in [5, 5.41) is 17.1. The first-order valence-corrected chi connectivity index (χ1v) is 20.8. The fraction of sp³-hybridized carbons (Fsp3) is 0.0175. The third-order valence-electron chi connectivity index (χ3n) is 12.6. The average Bonchev–Trinajstić information content (AvgIpc) is 3.97. The lowest BCUT2D eigenvalue weighted by molar-refractivity contribution is 0.858. The second-order valence-electron chi connectivity index (χ2n) is 15.9. The van der Waals surface area contributed by atoms with Crippen LogP contribution in [0, 0.1) is 17.9 Å². The van der Waals surface area contributed by atoms with Gasteiger partial charge in [0.15, 0.2) is 5.69 Å². The van der Waals surface area contributed by atoms with Gasteiger partial charge in [0.25, 0.3) is 0 Å². The summed E-state index contributed by atoms with van der Waals surface area (Å²) >= 11 is 0. The van der Waals surface area contributed by atoms with Crippen LogP contribution in [0.5, 0.6) is 0 Å². The molecule has 0 spiro atoms. The normalized spacial score (nSPS) is 11.6. The molecule has 5 heteroatoms. The molecule has 0 aliphatic rings. The zero-order chi connectivity index (χ0) is 41.3. The predicted molar refractivity (Wildman–Crippen MR) is 256 cm³/mol. The van der Waals surface area contributed by atoms with Crippen LogP contribution in [-0.2, 0) is 6.54 Å². The molecule has 12 aromatic rings. The highest BCUT2D eigenvalue weighted by atomic mass is 15.1. The Labute approximate surface area is 357 Å². The van der Waals surface area contributed by atoms with E-state index >= 15 is 0 Å². The SMILES string of the molecule is [C-]#[N+]c1ccc(-c2c(-c3ccc(C#N)cc3)cc(-n3c4ccccc4c4ccccc43)c(-n3c4ccccc4c4ccccc43)c2Cn2c3ccccc3c3ccccc32)cc1. The van der Waals surface area contributed by atoms with Crippen molar-refractivity contribution in [3.63, 3.8) is 0 Å². The van der Waals surface area contributed by atoms with Gasteiger partial charge in [-0.1, -0.05) is 146 Å². The van der Waals surface area contributed by atoms with Gasteiger partial charge in [-0.25, -0.2) is 4.85 Å². The van der Waals surface area contributed by atoms with E-state index in [9.17, 15) is 5.26 Å². The van der Waals surface area contributed by atoms with Crippen LogP contribution in [0.25, 0.3) is 104 Å². The largest absolute Gasteiger partial charge is 0.336 e. The van der Waals surface area contributed by atoms with Gasteiger partial charge in [-0.2, -0.15) is 5.26 Å². The number of para-hydroxylation sites is 6. The summed E-state index contributed by atoms with van der Waals surface area (Å²) in [6.45, 7) is 8.40. The number of hydrogen-bond donors (Lipinski definition) is 0. The number of benzene rings is 9. The first-order valence-electron chi connectivity index (χ1n) is 20.8. The van der Waals surface area contributed by atoms with Crippen LogP contribution in [0.15, 0.2) is 200 Å². The highest BCUT2D eigenvalue weighted by Crippen LogP contribution is 2.47. The van der Waals surface area contributed by atoms with Gasteiger partial charge in [-0.05, 0) is 76.9 Å². The van der Waals surface area contributed by atoms with Crippen molar-refractivity contribution in [2.45, 2.75) is 6.54 Å². The van der Waals surface area contributed by atoms with E-state index in [1.807, 2.05) is 24.3 Å². The van der Waals surface area contributed by atoms with E-state index in [1.54, 1.807) is 0 Å². The Hall–Kier alpha value is -8.64. The van der Waals surface area contributed by atoms with Crippen LogP contribution in [-0.4, -0.2) is 13.7 Å². The molecule has 0 aliphatic heterocycles. The van der Waals surface area contributed by atoms with Crippen molar-refractivity contribution >= 4 is 71.1 Å². The van der Waals surface area contributed by atoms with E-state index in [2.05, 4.69) is 201 Å². The second-order valence-corrected chi connectivity index (χ2v) is 15.9. The van der Waals surface area contributed by atoms with Crippen molar-refractivity contribution in [1.29, 1.82) is 5.26 Å². The average molecular weight is 790 g/mol. The summed E-state index contributed by atoms with van der Waals surface area (Å²) in [4.78, 5) is 3.80. The molecule has 0 aliphatic carbocycles. The molecule has 5 nitrogen and oxygen atoms in total. The minimum atomic E-state index is 0.526. The molecule has 0 radical (unpaired) electrons. The molecule has 0 saturated carbocycles. The van der Waals surface area contributed by atoms with Crippen molar-refractivity contribution in [3.8, 4) is 39.7 Å². The van der Waals surface area contributed by atoms with Crippen LogP contribution in [0.1, 0.15) is 11.1 Å². The standard InChI is InChI=1S/C57H35N5/c1-59-40-32-30-39(31-33-40)56-47(38-28-26-37(35-58)27-29-38)34-55(61-51-22-10-4-16-43(51)44-17-5-11-23-52(44)61)57(62-53-24-12-6-18-45(53)46-19-7-13-25-54(46)62)48(56)36-60-49-20-8-2-14-41(49)42-15-3-9-21-50(42)60/h2-34H,36H2. The first-order chi connectivity index (χ1) is 30.7. The van der Waals surface area contributed by atoms with E-state index in [0.717, 1.165) is 72.3 Å². The third-order valence-corrected chi connectivity index (χ3v) is 12.6. The first kappa shape index (κ1) is 35.3. The molecule has 3 aromatic heterocycles. The van der Waals surface area contributed by atoms with Crippen LogP contribution in [0.4, 0.5) is 5.69 Å². The lowest BCUT2D eigenvalue weighted by atomic mass is 9.87. The molecule has 0 N–H and O–H groups in total. The number of rotatable bonds is 6. The zero-order valence-electron chi connectivity index (χ0n) is 33.5. The van der Waals surface area contributed by atoms with Gasteiger partial charge in [0, 0.05) is 48.9 Å². The summed E-state index contributed by atoms with van der Waals surface area (Å²) in [6, 6.07) is 73.1. The fourth-order valence-electron chi connectivity index (χ4n) is 9.95. The maximum Gasteiger partial charge on any atom is 0.187 e. The van der Waals surface area contributed by atoms with E-state index < -0.39 is 0 Å². The molecule has 9 aromatic carbocycles. The maximum atomic E-state index is 9.94. The summed E-state index contributed by atoms with van der Waals surface area (Å²) < 4.78 is 7.43. The van der Waals surface area contributed by atoms with E-state index in [1.165, 1.54) is 32.3 Å². The quantitative estimate of drug-likeness (QED) is 0.155. The zero-order valence-corrected chi connectivity index (χ0v) is 33.5. The molecule has 0 atom stereocenters. The Morgan fingerprint density at radius 2 is 0.855 bits per heavy atom. The number of nitrogens with zero attached hydrogens (tertiary/aromatic N) is 5. The van der Waals surface area contributed by atoms with Gasteiger partial charge in [0.05, 0.1) is 58.2 Å². The predicted octanol–water partition coefficient (Wildman–Crippen LogP) is 14.8. The van der Waals surface area contributed by atoms with Gasteiger partial charge >= 0.3 is 0 Å². The maximum absolute atomic E-state index is 9.94. The molecule has 0 unspecified atom stereocenters. The minimum Gasteiger partial charge on any atom is -0.336 e. The van der Waals surface area contributed by atoms with E-state index in [0.29, 0.717) is 17.8 Å². The highest BCUT2D eigenvalue weighted by Gasteiger charge is 2.28. The summed E-state index contributed by atoms with van der Waals surface area (Å²) in [5.74, 6) is 0. The summed E-state index contributed by atoms with van der Waals surface area (Å²) in [7, 11) is 0. The molecular formula is C57H35N5. The monoisotopic (exact) mass is 789 g/mol. The number of aromatic nitrogens is 3. The van der Waals surface area contributed by atoms with Gasteiger partial charge in [0.1, 0.15) is 0 Å². The number of fused-ring (bicyclic) bond motifs is 9. The third kappa shape index (κ3) is 5.26. The number of nitriles is 1. The molecule has 62 heavy (non-hydrogen) atoms. The van der Waals surface area contributed by atoms with Crippen LogP contribution >= 0.6 is 0 Å². The molecule has 0 saturated heterocycles. The van der Waals surface area contributed by atoms with Crippen molar-refractivity contribution in [3.05, 3.63) is 223 Å². The Morgan fingerprint density at radius 1 is 0.452 bits per heavy atom.